The highest BCUT2D eigenvalue weighted by atomic mass is 19.3. The molecule has 1 aromatic rings. The summed E-state index contributed by atoms with van der Waals surface area (Å²) in [4.78, 5) is 20.7. The molecule has 108 valence electrons. The number of aromatic nitrogens is 2. The number of aryl methyl sites for hydroxylation is 1. The summed E-state index contributed by atoms with van der Waals surface area (Å²) in [5, 5.41) is 0. The zero-order valence-corrected chi connectivity index (χ0v) is 11.3. The minimum Gasteiger partial charge on any atom is -0.343 e. The molecule has 1 aromatic heterocycles. The quantitative estimate of drug-likeness (QED) is 0.846. The highest BCUT2D eigenvalue weighted by molar-refractivity contribution is 5.91. The van der Waals surface area contributed by atoms with Crippen LogP contribution in [0.25, 0.3) is 6.08 Å². The van der Waals surface area contributed by atoms with Crippen LogP contribution >= 0.6 is 0 Å². The van der Waals surface area contributed by atoms with Gasteiger partial charge in [0.05, 0.1) is 0 Å². The van der Waals surface area contributed by atoms with Crippen LogP contribution in [-0.4, -0.2) is 39.8 Å². The lowest BCUT2D eigenvalue weighted by molar-refractivity contribution is -0.128. The lowest BCUT2D eigenvalue weighted by Crippen LogP contribution is -2.39. The highest BCUT2D eigenvalue weighted by Gasteiger charge is 2.70. The number of carbonyl (C=O) groups excluding carboxylic acids is 1. The van der Waals surface area contributed by atoms with Gasteiger partial charge in [-0.15, -0.1) is 0 Å². The third-order valence-corrected chi connectivity index (χ3v) is 4.35. The maximum atomic E-state index is 13.2. The van der Waals surface area contributed by atoms with Crippen LogP contribution in [0.1, 0.15) is 30.8 Å². The Balaban J connectivity index is 1.56. The fourth-order valence-corrected chi connectivity index (χ4v) is 2.85. The number of piperidine rings is 1. The first kappa shape index (κ1) is 13.3. The van der Waals surface area contributed by atoms with Crippen molar-refractivity contribution in [1.29, 1.82) is 0 Å². The van der Waals surface area contributed by atoms with Crippen molar-refractivity contribution in [3.8, 4) is 0 Å². The number of nitrogens with zero attached hydrogens (tertiary/aromatic N) is 2. The highest BCUT2D eigenvalue weighted by Crippen LogP contribution is 2.65. The topological polar surface area (TPSA) is 49.0 Å². The van der Waals surface area contributed by atoms with E-state index >= 15 is 0 Å². The van der Waals surface area contributed by atoms with Crippen molar-refractivity contribution in [1.82, 2.24) is 14.9 Å². The summed E-state index contributed by atoms with van der Waals surface area (Å²) in [7, 11) is 0. The van der Waals surface area contributed by atoms with Crippen molar-refractivity contribution in [3.05, 3.63) is 23.8 Å². The van der Waals surface area contributed by atoms with Crippen molar-refractivity contribution < 1.29 is 13.6 Å². The first-order chi connectivity index (χ1) is 9.42. The van der Waals surface area contributed by atoms with Crippen LogP contribution in [0, 0.1) is 12.3 Å². The second kappa shape index (κ2) is 4.40. The van der Waals surface area contributed by atoms with Crippen LogP contribution in [-0.2, 0) is 4.79 Å². The van der Waals surface area contributed by atoms with Gasteiger partial charge in [-0.25, -0.2) is 13.8 Å². The van der Waals surface area contributed by atoms with Gasteiger partial charge >= 0.3 is 0 Å². The number of carbonyl (C=O) groups is 1. The molecule has 4 nitrogen and oxygen atoms in total. The molecule has 0 unspecified atom stereocenters. The normalized spacial score (nSPS) is 23.4. The third-order valence-electron chi connectivity index (χ3n) is 4.35. The predicted molar refractivity (Wildman–Crippen MR) is 70.2 cm³/mol. The molecular weight excluding hydrogens is 264 g/mol. The minimum atomic E-state index is -2.51. The number of imidazole rings is 1. The maximum Gasteiger partial charge on any atom is 0.254 e. The Morgan fingerprint density at radius 1 is 1.45 bits per heavy atom. The van der Waals surface area contributed by atoms with E-state index in [9.17, 15) is 13.6 Å². The van der Waals surface area contributed by atoms with Crippen LogP contribution in [0.3, 0.4) is 0 Å². The van der Waals surface area contributed by atoms with Crippen LogP contribution in [0.15, 0.2) is 12.3 Å². The maximum absolute atomic E-state index is 13.2. The minimum absolute atomic E-state index is 0.0104. The number of halogens is 2. The van der Waals surface area contributed by atoms with Crippen molar-refractivity contribution in [2.75, 3.05) is 13.1 Å². The molecule has 0 radical (unpaired) electrons. The molecule has 20 heavy (non-hydrogen) atoms. The molecule has 1 aliphatic heterocycles. The van der Waals surface area contributed by atoms with E-state index in [2.05, 4.69) is 9.97 Å². The number of rotatable bonds is 2. The van der Waals surface area contributed by atoms with Crippen molar-refractivity contribution in [2.45, 2.75) is 32.1 Å². The number of aromatic amines is 1. The smallest absolute Gasteiger partial charge is 0.254 e. The molecule has 0 aromatic carbocycles. The average Bonchev–Trinajstić information content (AvgIpc) is 2.72. The predicted octanol–water partition coefficient (Wildman–Crippen LogP) is 2.38. The Kier molecular flexibility index (Phi) is 2.92. The third kappa shape index (κ3) is 2.23. The molecular formula is C14H17F2N3O. The number of alkyl halides is 2. The first-order valence-corrected chi connectivity index (χ1v) is 6.78. The van der Waals surface area contributed by atoms with Gasteiger partial charge in [-0.1, -0.05) is 0 Å². The molecule has 1 saturated carbocycles. The van der Waals surface area contributed by atoms with Gasteiger partial charge in [0.25, 0.3) is 5.92 Å². The fourth-order valence-electron chi connectivity index (χ4n) is 2.85. The van der Waals surface area contributed by atoms with E-state index in [0.29, 0.717) is 31.8 Å². The Bertz CT molecular complexity index is 557. The molecule has 6 heteroatoms. The SMILES string of the molecule is Cc1cnc(/C=C/C(=O)N2CCC3(CC2)CC3(F)F)[nH]1. The van der Waals surface area contributed by atoms with Crippen molar-refractivity contribution in [2.24, 2.45) is 5.41 Å². The monoisotopic (exact) mass is 281 g/mol. The summed E-state index contributed by atoms with van der Waals surface area (Å²) in [5.74, 6) is -2.03. The molecule has 2 aliphatic rings. The van der Waals surface area contributed by atoms with E-state index in [0.717, 1.165) is 5.69 Å². The molecule has 3 rings (SSSR count). The summed E-state index contributed by atoms with van der Waals surface area (Å²) >= 11 is 0. The van der Waals surface area contributed by atoms with E-state index in [4.69, 9.17) is 0 Å². The number of likely N-dealkylation sites (tertiary alicyclic amines) is 1. The van der Waals surface area contributed by atoms with Crippen molar-refractivity contribution >= 4 is 12.0 Å². The number of nitrogens with one attached hydrogen (secondary N) is 1. The second-order valence-electron chi connectivity index (χ2n) is 5.77. The van der Waals surface area contributed by atoms with Gasteiger partial charge in [-0.3, -0.25) is 4.79 Å². The van der Waals surface area contributed by atoms with E-state index in [1.54, 1.807) is 17.2 Å². The standard InChI is InChI=1S/C14H17F2N3O/c1-10-8-17-11(18-10)2-3-12(20)19-6-4-13(5-7-19)9-14(13,15)16/h2-3,8H,4-7,9H2,1H3,(H,17,18)/b3-2+. The van der Waals surface area contributed by atoms with Crippen LogP contribution in [0.5, 0.6) is 0 Å². The van der Waals surface area contributed by atoms with Crippen LogP contribution in [0.4, 0.5) is 8.78 Å². The summed E-state index contributed by atoms with van der Waals surface area (Å²) in [6, 6.07) is 0. The molecule has 2 fully saturated rings. The molecule has 1 amide bonds. The van der Waals surface area contributed by atoms with Gasteiger partial charge in [0.1, 0.15) is 5.82 Å². The zero-order chi connectivity index (χ0) is 14.4. The van der Waals surface area contributed by atoms with Gasteiger partial charge in [0.15, 0.2) is 0 Å². The van der Waals surface area contributed by atoms with Crippen LogP contribution < -0.4 is 0 Å². The zero-order valence-electron chi connectivity index (χ0n) is 11.3. The number of hydrogen-bond acceptors (Lipinski definition) is 2. The van der Waals surface area contributed by atoms with Crippen LogP contribution in [0.2, 0.25) is 0 Å². The van der Waals surface area contributed by atoms with E-state index in [1.165, 1.54) is 6.08 Å². The first-order valence-electron chi connectivity index (χ1n) is 6.78. The van der Waals surface area contributed by atoms with E-state index in [-0.39, 0.29) is 12.3 Å². The summed E-state index contributed by atoms with van der Waals surface area (Å²) in [6.45, 7) is 2.71. The number of amides is 1. The molecule has 1 aliphatic carbocycles. The Morgan fingerprint density at radius 2 is 2.10 bits per heavy atom. The second-order valence-corrected chi connectivity index (χ2v) is 5.77. The number of H-pyrrole nitrogens is 1. The summed E-state index contributed by atoms with van der Waals surface area (Å²) < 4.78 is 26.5. The molecule has 1 spiro atoms. The Hall–Kier alpha value is -1.72. The lowest BCUT2D eigenvalue weighted by Gasteiger charge is -2.31. The fraction of sp³-hybridized carbons (Fsp3) is 0.571. The molecule has 1 saturated heterocycles. The summed E-state index contributed by atoms with van der Waals surface area (Å²) in [6.07, 6.45) is 5.54. The van der Waals surface area contributed by atoms with Gasteiger partial charge in [0, 0.05) is 42.9 Å². The molecule has 0 atom stereocenters. The largest absolute Gasteiger partial charge is 0.343 e. The van der Waals surface area contributed by atoms with Crippen molar-refractivity contribution in [3.63, 3.8) is 0 Å². The number of hydrogen-bond donors (Lipinski definition) is 1. The average molecular weight is 281 g/mol. The van der Waals surface area contributed by atoms with Gasteiger partial charge in [0.2, 0.25) is 5.91 Å². The van der Waals surface area contributed by atoms with E-state index < -0.39 is 11.3 Å². The van der Waals surface area contributed by atoms with Gasteiger partial charge in [-0.05, 0) is 25.8 Å². The lowest BCUT2D eigenvalue weighted by atomic mass is 9.93. The molecule has 0 bridgehead atoms. The molecule has 1 N–H and O–H groups in total. The van der Waals surface area contributed by atoms with Gasteiger partial charge in [-0.2, -0.15) is 0 Å². The van der Waals surface area contributed by atoms with E-state index in [1.807, 2.05) is 6.92 Å². The van der Waals surface area contributed by atoms with Gasteiger partial charge < -0.3 is 9.88 Å². The Labute approximate surface area is 115 Å². The Morgan fingerprint density at radius 3 is 2.60 bits per heavy atom. The molecule has 2 heterocycles. The summed E-state index contributed by atoms with van der Waals surface area (Å²) in [5.41, 5.74) is 0.110.